The number of nitrogens with two attached hydrogens (primary N) is 1. The zero-order valence-corrected chi connectivity index (χ0v) is 10.4. The molecular formula is C14H20N2O. The summed E-state index contributed by atoms with van der Waals surface area (Å²) in [4.78, 5) is 11.7. The largest absolute Gasteiger partial charge is 0.348 e. The third-order valence-electron chi connectivity index (χ3n) is 2.69. The van der Waals surface area contributed by atoms with Gasteiger partial charge in [0.2, 0.25) is 5.91 Å². The first kappa shape index (κ1) is 13.5. The van der Waals surface area contributed by atoms with E-state index < -0.39 is 6.04 Å². The SMILES string of the molecule is C=CCC(N)C(=O)N[C@H](C)c1ccc(C)cc1. The smallest absolute Gasteiger partial charge is 0.237 e. The summed E-state index contributed by atoms with van der Waals surface area (Å²) in [5.41, 5.74) is 7.98. The van der Waals surface area contributed by atoms with Gasteiger partial charge in [0.15, 0.2) is 0 Å². The molecule has 3 nitrogen and oxygen atoms in total. The second-order valence-electron chi connectivity index (χ2n) is 4.27. The van der Waals surface area contributed by atoms with Crippen LogP contribution in [0.15, 0.2) is 36.9 Å². The summed E-state index contributed by atoms with van der Waals surface area (Å²) in [7, 11) is 0. The Labute approximate surface area is 103 Å². The molecule has 0 aliphatic heterocycles. The number of hydrogen-bond donors (Lipinski definition) is 2. The summed E-state index contributed by atoms with van der Waals surface area (Å²) in [5.74, 6) is -0.141. The number of carbonyl (C=O) groups excluding carboxylic acids is 1. The van der Waals surface area contributed by atoms with E-state index in [0.717, 1.165) is 5.56 Å². The van der Waals surface area contributed by atoms with Crippen molar-refractivity contribution < 1.29 is 4.79 Å². The van der Waals surface area contributed by atoms with Crippen molar-refractivity contribution in [3.05, 3.63) is 48.0 Å². The Morgan fingerprint density at radius 2 is 2.06 bits per heavy atom. The normalized spacial score (nSPS) is 13.8. The van der Waals surface area contributed by atoms with Crippen LogP contribution in [0, 0.1) is 6.92 Å². The summed E-state index contributed by atoms with van der Waals surface area (Å²) in [6.07, 6.45) is 2.15. The van der Waals surface area contributed by atoms with Gasteiger partial charge in [0.25, 0.3) is 0 Å². The number of rotatable bonds is 5. The van der Waals surface area contributed by atoms with E-state index in [4.69, 9.17) is 5.73 Å². The summed E-state index contributed by atoms with van der Waals surface area (Å²) in [5, 5.41) is 2.89. The van der Waals surface area contributed by atoms with E-state index >= 15 is 0 Å². The van der Waals surface area contributed by atoms with Crippen LogP contribution in [0.4, 0.5) is 0 Å². The second-order valence-corrected chi connectivity index (χ2v) is 4.27. The monoisotopic (exact) mass is 232 g/mol. The molecule has 0 spiro atoms. The molecule has 1 unspecified atom stereocenters. The molecule has 2 atom stereocenters. The standard InChI is InChI=1S/C14H20N2O/c1-4-5-13(15)14(17)16-11(3)12-8-6-10(2)7-9-12/h4,6-9,11,13H,1,5,15H2,2-3H3,(H,16,17)/t11-,13?/m1/s1. The van der Waals surface area contributed by atoms with Crippen molar-refractivity contribution in [3.63, 3.8) is 0 Å². The number of carbonyl (C=O) groups is 1. The van der Waals surface area contributed by atoms with Crippen LogP contribution < -0.4 is 11.1 Å². The van der Waals surface area contributed by atoms with E-state index in [-0.39, 0.29) is 11.9 Å². The predicted octanol–water partition coefficient (Wildman–Crippen LogP) is 2.08. The van der Waals surface area contributed by atoms with Gasteiger partial charge < -0.3 is 11.1 Å². The zero-order chi connectivity index (χ0) is 12.8. The van der Waals surface area contributed by atoms with Gasteiger partial charge in [0.05, 0.1) is 12.1 Å². The zero-order valence-electron chi connectivity index (χ0n) is 10.4. The van der Waals surface area contributed by atoms with E-state index in [9.17, 15) is 4.79 Å². The molecule has 3 N–H and O–H groups in total. The summed E-state index contributed by atoms with van der Waals surface area (Å²) >= 11 is 0. The van der Waals surface area contributed by atoms with Crippen molar-refractivity contribution in [3.8, 4) is 0 Å². The topological polar surface area (TPSA) is 55.1 Å². The lowest BCUT2D eigenvalue weighted by molar-refractivity contribution is -0.122. The minimum Gasteiger partial charge on any atom is -0.348 e. The van der Waals surface area contributed by atoms with Crippen LogP contribution in [-0.2, 0) is 4.79 Å². The van der Waals surface area contributed by atoms with Gasteiger partial charge in [-0.1, -0.05) is 35.9 Å². The van der Waals surface area contributed by atoms with Crippen molar-refractivity contribution in [2.75, 3.05) is 0 Å². The molecule has 3 heteroatoms. The first-order valence-electron chi connectivity index (χ1n) is 5.78. The summed E-state index contributed by atoms with van der Waals surface area (Å²) in [6.45, 7) is 7.55. The van der Waals surface area contributed by atoms with Crippen LogP contribution in [0.5, 0.6) is 0 Å². The predicted molar refractivity (Wildman–Crippen MR) is 70.5 cm³/mol. The Bertz CT molecular complexity index is 384. The number of nitrogens with one attached hydrogen (secondary N) is 1. The van der Waals surface area contributed by atoms with Gasteiger partial charge >= 0.3 is 0 Å². The van der Waals surface area contributed by atoms with E-state index in [1.54, 1.807) is 6.08 Å². The fourth-order valence-electron chi connectivity index (χ4n) is 1.55. The van der Waals surface area contributed by atoms with Crippen molar-refractivity contribution in [2.45, 2.75) is 32.4 Å². The van der Waals surface area contributed by atoms with E-state index in [1.165, 1.54) is 5.56 Å². The maximum absolute atomic E-state index is 11.7. The summed E-state index contributed by atoms with van der Waals surface area (Å²) in [6, 6.07) is 7.54. The summed E-state index contributed by atoms with van der Waals surface area (Å²) < 4.78 is 0. The molecule has 17 heavy (non-hydrogen) atoms. The molecule has 1 rings (SSSR count). The molecule has 0 saturated heterocycles. The lowest BCUT2D eigenvalue weighted by Crippen LogP contribution is -2.41. The molecular weight excluding hydrogens is 212 g/mol. The highest BCUT2D eigenvalue weighted by Gasteiger charge is 2.14. The number of amides is 1. The Morgan fingerprint density at radius 3 is 2.59 bits per heavy atom. The van der Waals surface area contributed by atoms with Gasteiger partial charge in [-0.2, -0.15) is 0 Å². The molecule has 0 bridgehead atoms. The molecule has 0 aliphatic carbocycles. The molecule has 0 saturated carbocycles. The van der Waals surface area contributed by atoms with Crippen molar-refractivity contribution >= 4 is 5.91 Å². The number of aryl methyl sites for hydroxylation is 1. The van der Waals surface area contributed by atoms with E-state index in [2.05, 4.69) is 11.9 Å². The quantitative estimate of drug-likeness (QED) is 0.764. The average Bonchev–Trinajstić information content (AvgIpc) is 2.30. The van der Waals surface area contributed by atoms with Gasteiger partial charge in [-0.05, 0) is 25.8 Å². The maximum Gasteiger partial charge on any atom is 0.237 e. The Balaban J connectivity index is 2.59. The van der Waals surface area contributed by atoms with Gasteiger partial charge in [-0.25, -0.2) is 0 Å². The molecule has 0 aliphatic rings. The van der Waals surface area contributed by atoms with Crippen LogP contribution >= 0.6 is 0 Å². The minimum absolute atomic E-state index is 0.0287. The van der Waals surface area contributed by atoms with Gasteiger partial charge in [-0.3, -0.25) is 4.79 Å². The first-order chi connectivity index (χ1) is 8.04. The Hall–Kier alpha value is -1.61. The first-order valence-corrected chi connectivity index (χ1v) is 5.78. The van der Waals surface area contributed by atoms with Crippen LogP contribution in [0.3, 0.4) is 0 Å². The van der Waals surface area contributed by atoms with Gasteiger partial charge in [-0.15, -0.1) is 6.58 Å². The van der Waals surface area contributed by atoms with Crippen LogP contribution in [0.2, 0.25) is 0 Å². The van der Waals surface area contributed by atoms with Gasteiger partial charge in [0, 0.05) is 0 Å². The fourth-order valence-corrected chi connectivity index (χ4v) is 1.55. The van der Waals surface area contributed by atoms with Crippen molar-refractivity contribution in [2.24, 2.45) is 5.73 Å². The minimum atomic E-state index is -0.514. The van der Waals surface area contributed by atoms with E-state index in [1.807, 2.05) is 38.1 Å². The van der Waals surface area contributed by atoms with Gasteiger partial charge in [0.1, 0.15) is 0 Å². The highest BCUT2D eigenvalue weighted by Crippen LogP contribution is 2.13. The molecule has 0 fully saturated rings. The molecule has 1 aromatic carbocycles. The Kier molecular flexibility index (Phi) is 4.91. The molecule has 1 amide bonds. The highest BCUT2D eigenvalue weighted by molar-refractivity contribution is 5.82. The highest BCUT2D eigenvalue weighted by atomic mass is 16.2. The number of hydrogen-bond acceptors (Lipinski definition) is 2. The third kappa shape index (κ3) is 4.04. The molecule has 92 valence electrons. The Morgan fingerprint density at radius 1 is 1.47 bits per heavy atom. The lowest BCUT2D eigenvalue weighted by atomic mass is 10.1. The van der Waals surface area contributed by atoms with Crippen molar-refractivity contribution in [1.82, 2.24) is 5.32 Å². The van der Waals surface area contributed by atoms with Crippen molar-refractivity contribution in [1.29, 1.82) is 0 Å². The van der Waals surface area contributed by atoms with E-state index in [0.29, 0.717) is 6.42 Å². The molecule has 1 aromatic rings. The molecule has 0 radical (unpaired) electrons. The van der Waals surface area contributed by atoms with Crippen LogP contribution in [-0.4, -0.2) is 11.9 Å². The third-order valence-corrected chi connectivity index (χ3v) is 2.69. The maximum atomic E-state index is 11.7. The van der Waals surface area contributed by atoms with Crippen LogP contribution in [0.1, 0.15) is 30.5 Å². The molecule has 0 heterocycles. The second kappa shape index (κ2) is 6.21. The molecule has 0 aromatic heterocycles. The van der Waals surface area contributed by atoms with Crippen LogP contribution in [0.25, 0.3) is 0 Å². The lowest BCUT2D eigenvalue weighted by Gasteiger charge is -2.17. The fraction of sp³-hybridized carbons (Fsp3) is 0.357. The average molecular weight is 232 g/mol. The number of benzene rings is 1.